The minimum Gasteiger partial charge on any atom is -0.333 e. The van der Waals surface area contributed by atoms with Crippen molar-refractivity contribution < 1.29 is 4.79 Å². The van der Waals surface area contributed by atoms with Crippen LogP contribution in [0.3, 0.4) is 0 Å². The zero-order valence-corrected chi connectivity index (χ0v) is 14.9. The lowest BCUT2D eigenvalue weighted by Gasteiger charge is -2.36. The summed E-state index contributed by atoms with van der Waals surface area (Å²) in [7, 11) is 0. The zero-order valence-electron chi connectivity index (χ0n) is 13.3. The standard InChI is InChI=1S/C18H20ClN3OS/c19-15-5-1-2-6-17(15)24-11-7-18(23)22-10-9-21-13-16(22)14-4-3-8-20-12-14/h1-6,8,12,16,21H,7,9-11,13H2. The molecule has 4 nitrogen and oxygen atoms in total. The Bertz CT molecular complexity index is 683. The van der Waals surface area contributed by atoms with Crippen LogP contribution in [0.4, 0.5) is 0 Å². The molecular formula is C18H20ClN3OS. The fourth-order valence-corrected chi connectivity index (χ4v) is 4.00. The first-order valence-electron chi connectivity index (χ1n) is 8.03. The Kier molecular flexibility index (Phi) is 6.12. The summed E-state index contributed by atoms with van der Waals surface area (Å²) in [6.07, 6.45) is 4.11. The molecule has 126 valence electrons. The number of hydrogen-bond donors (Lipinski definition) is 1. The highest BCUT2D eigenvalue weighted by Gasteiger charge is 2.27. The second kappa shape index (κ2) is 8.51. The van der Waals surface area contributed by atoms with Gasteiger partial charge in [-0.3, -0.25) is 9.78 Å². The maximum absolute atomic E-state index is 12.7. The molecule has 1 aliphatic rings. The highest BCUT2D eigenvalue weighted by atomic mass is 35.5. The predicted molar refractivity (Wildman–Crippen MR) is 98.4 cm³/mol. The molecule has 0 aliphatic carbocycles. The average Bonchev–Trinajstić information content (AvgIpc) is 2.64. The van der Waals surface area contributed by atoms with Crippen LogP contribution in [0, 0.1) is 0 Å². The summed E-state index contributed by atoms with van der Waals surface area (Å²) in [4.78, 5) is 19.9. The van der Waals surface area contributed by atoms with Gasteiger partial charge in [0.15, 0.2) is 0 Å². The van der Waals surface area contributed by atoms with E-state index in [1.165, 1.54) is 0 Å². The molecule has 3 rings (SSSR count). The van der Waals surface area contributed by atoms with Gasteiger partial charge in [0, 0.05) is 49.1 Å². The van der Waals surface area contributed by atoms with Crippen LogP contribution in [0.2, 0.25) is 5.02 Å². The first kappa shape index (κ1) is 17.3. The topological polar surface area (TPSA) is 45.2 Å². The summed E-state index contributed by atoms with van der Waals surface area (Å²) in [5.41, 5.74) is 1.08. The van der Waals surface area contributed by atoms with E-state index < -0.39 is 0 Å². The molecule has 1 unspecified atom stereocenters. The number of thioether (sulfide) groups is 1. The molecule has 6 heteroatoms. The molecule has 2 heterocycles. The molecule has 1 N–H and O–H groups in total. The summed E-state index contributed by atoms with van der Waals surface area (Å²) in [5.74, 6) is 0.914. The number of pyridine rings is 1. The van der Waals surface area contributed by atoms with Crippen LogP contribution in [0.15, 0.2) is 53.7 Å². The number of rotatable bonds is 5. The third kappa shape index (κ3) is 4.29. The minimum absolute atomic E-state index is 0.0604. The summed E-state index contributed by atoms with van der Waals surface area (Å²) < 4.78 is 0. The Morgan fingerprint density at radius 2 is 2.21 bits per heavy atom. The lowest BCUT2D eigenvalue weighted by Crippen LogP contribution is -2.48. The molecule has 2 aromatic rings. The van der Waals surface area contributed by atoms with Crippen molar-refractivity contribution in [3.8, 4) is 0 Å². The SMILES string of the molecule is O=C(CCSc1ccccc1Cl)N1CCNCC1c1cccnc1. The zero-order chi connectivity index (χ0) is 16.8. The summed E-state index contributed by atoms with van der Waals surface area (Å²) in [6.45, 7) is 2.34. The van der Waals surface area contributed by atoms with Gasteiger partial charge in [0.05, 0.1) is 11.1 Å². The second-order valence-corrected chi connectivity index (χ2v) is 7.17. The molecule has 0 spiro atoms. The molecule has 1 saturated heterocycles. The maximum atomic E-state index is 12.7. The fourth-order valence-electron chi connectivity index (χ4n) is 2.83. The van der Waals surface area contributed by atoms with Crippen LogP contribution in [0.25, 0.3) is 0 Å². The Morgan fingerprint density at radius 3 is 3.00 bits per heavy atom. The number of aromatic nitrogens is 1. The van der Waals surface area contributed by atoms with Crippen molar-refractivity contribution in [2.45, 2.75) is 17.4 Å². The smallest absolute Gasteiger partial charge is 0.224 e. The van der Waals surface area contributed by atoms with E-state index >= 15 is 0 Å². The molecule has 1 amide bonds. The third-order valence-corrected chi connectivity index (χ3v) is 5.56. The lowest BCUT2D eigenvalue weighted by atomic mass is 10.1. The van der Waals surface area contributed by atoms with Crippen molar-refractivity contribution in [3.63, 3.8) is 0 Å². The van der Waals surface area contributed by atoms with Gasteiger partial charge in [0.25, 0.3) is 0 Å². The average molecular weight is 362 g/mol. The number of nitrogens with one attached hydrogen (secondary N) is 1. The predicted octanol–water partition coefficient (Wildman–Crippen LogP) is 3.39. The number of amides is 1. The molecule has 1 atom stereocenters. The van der Waals surface area contributed by atoms with E-state index in [0.717, 1.165) is 40.9 Å². The number of hydrogen-bond acceptors (Lipinski definition) is 4. The van der Waals surface area contributed by atoms with Gasteiger partial charge in [-0.2, -0.15) is 0 Å². The molecular weight excluding hydrogens is 342 g/mol. The Balaban J connectivity index is 1.59. The molecule has 0 radical (unpaired) electrons. The third-order valence-electron chi connectivity index (χ3n) is 4.04. The highest BCUT2D eigenvalue weighted by molar-refractivity contribution is 7.99. The molecule has 0 bridgehead atoms. The van der Waals surface area contributed by atoms with Crippen LogP contribution in [0.5, 0.6) is 0 Å². The summed E-state index contributed by atoms with van der Waals surface area (Å²) in [6, 6.07) is 11.7. The van der Waals surface area contributed by atoms with Gasteiger partial charge in [-0.15, -0.1) is 11.8 Å². The minimum atomic E-state index is 0.0604. The molecule has 24 heavy (non-hydrogen) atoms. The summed E-state index contributed by atoms with van der Waals surface area (Å²) in [5, 5.41) is 4.10. The molecule has 0 saturated carbocycles. The van der Waals surface area contributed by atoms with E-state index in [2.05, 4.69) is 10.3 Å². The maximum Gasteiger partial charge on any atom is 0.224 e. The molecule has 1 aliphatic heterocycles. The number of piperazine rings is 1. The van der Waals surface area contributed by atoms with Crippen molar-refractivity contribution in [1.29, 1.82) is 0 Å². The van der Waals surface area contributed by atoms with Crippen LogP contribution in [-0.2, 0) is 4.79 Å². The van der Waals surface area contributed by atoms with Gasteiger partial charge >= 0.3 is 0 Å². The second-order valence-electron chi connectivity index (χ2n) is 5.62. The first-order chi connectivity index (χ1) is 11.8. The van der Waals surface area contributed by atoms with E-state index in [9.17, 15) is 4.79 Å². The fraction of sp³-hybridized carbons (Fsp3) is 0.333. The van der Waals surface area contributed by atoms with Crippen molar-refractivity contribution in [1.82, 2.24) is 15.2 Å². The van der Waals surface area contributed by atoms with Gasteiger partial charge < -0.3 is 10.2 Å². The van der Waals surface area contributed by atoms with Gasteiger partial charge in [-0.1, -0.05) is 29.8 Å². The van der Waals surface area contributed by atoms with Crippen LogP contribution < -0.4 is 5.32 Å². The van der Waals surface area contributed by atoms with Crippen LogP contribution >= 0.6 is 23.4 Å². The normalized spacial score (nSPS) is 17.7. The van der Waals surface area contributed by atoms with E-state index in [-0.39, 0.29) is 11.9 Å². The lowest BCUT2D eigenvalue weighted by molar-refractivity contribution is -0.134. The van der Waals surface area contributed by atoms with E-state index in [1.54, 1.807) is 18.0 Å². The molecule has 1 aromatic heterocycles. The number of benzene rings is 1. The Hall–Kier alpha value is -1.56. The quantitative estimate of drug-likeness (QED) is 0.829. The first-order valence-corrected chi connectivity index (χ1v) is 9.39. The van der Waals surface area contributed by atoms with Crippen LogP contribution in [-0.4, -0.2) is 41.2 Å². The van der Waals surface area contributed by atoms with Crippen molar-refractivity contribution in [2.24, 2.45) is 0 Å². The largest absolute Gasteiger partial charge is 0.333 e. The van der Waals surface area contributed by atoms with Crippen molar-refractivity contribution >= 4 is 29.3 Å². The molecule has 1 fully saturated rings. The van der Waals surface area contributed by atoms with E-state index in [4.69, 9.17) is 11.6 Å². The molecule has 1 aromatic carbocycles. The van der Waals surface area contributed by atoms with Crippen molar-refractivity contribution in [2.75, 3.05) is 25.4 Å². The van der Waals surface area contributed by atoms with Gasteiger partial charge in [-0.05, 0) is 23.8 Å². The Morgan fingerprint density at radius 1 is 1.33 bits per heavy atom. The van der Waals surface area contributed by atoms with E-state index in [0.29, 0.717) is 6.42 Å². The number of carbonyl (C=O) groups is 1. The van der Waals surface area contributed by atoms with Gasteiger partial charge in [0.1, 0.15) is 0 Å². The van der Waals surface area contributed by atoms with Crippen molar-refractivity contribution in [3.05, 3.63) is 59.4 Å². The Labute approximate surface area is 151 Å². The van der Waals surface area contributed by atoms with Gasteiger partial charge in [0.2, 0.25) is 5.91 Å². The number of halogens is 1. The number of carbonyl (C=O) groups excluding carboxylic acids is 1. The van der Waals surface area contributed by atoms with Gasteiger partial charge in [-0.25, -0.2) is 0 Å². The number of nitrogens with zero attached hydrogens (tertiary/aromatic N) is 2. The highest BCUT2D eigenvalue weighted by Crippen LogP contribution is 2.28. The van der Waals surface area contributed by atoms with E-state index in [1.807, 2.05) is 47.5 Å². The monoisotopic (exact) mass is 361 g/mol. The van der Waals surface area contributed by atoms with Crippen LogP contribution in [0.1, 0.15) is 18.0 Å². The summed E-state index contributed by atoms with van der Waals surface area (Å²) >= 11 is 7.79.